The number of hydrogen-bond acceptors (Lipinski definition) is 3. The van der Waals surface area contributed by atoms with Crippen LogP contribution < -0.4 is 10.1 Å². The molecular weight excluding hydrogens is 242 g/mol. The van der Waals surface area contributed by atoms with Gasteiger partial charge in [0.2, 0.25) is 5.91 Å². The Labute approximate surface area is 113 Å². The zero-order valence-electron chi connectivity index (χ0n) is 11.2. The molecule has 2 rings (SSSR count). The Morgan fingerprint density at radius 1 is 1.42 bits per heavy atom. The van der Waals surface area contributed by atoms with Crippen LogP contribution in [0.3, 0.4) is 0 Å². The van der Waals surface area contributed by atoms with Gasteiger partial charge in [0, 0.05) is 19.6 Å². The summed E-state index contributed by atoms with van der Waals surface area (Å²) in [6, 6.07) is 6.26. The van der Waals surface area contributed by atoms with Gasteiger partial charge >= 0.3 is 0 Å². The van der Waals surface area contributed by atoms with Gasteiger partial charge in [0.1, 0.15) is 5.75 Å². The maximum absolute atomic E-state index is 11.4. The summed E-state index contributed by atoms with van der Waals surface area (Å²) in [6.45, 7) is 1.52. The lowest BCUT2D eigenvalue weighted by Crippen LogP contribution is -2.25. The molecule has 4 heteroatoms. The monoisotopic (exact) mass is 263 g/mol. The van der Waals surface area contributed by atoms with Gasteiger partial charge in [0.05, 0.1) is 6.61 Å². The number of carbonyl (C=O) groups is 1. The van der Waals surface area contributed by atoms with Gasteiger partial charge in [-0.15, -0.1) is 0 Å². The highest BCUT2D eigenvalue weighted by atomic mass is 16.5. The van der Waals surface area contributed by atoms with Gasteiger partial charge in [-0.05, 0) is 42.9 Å². The number of rotatable bonds is 6. The molecule has 1 aliphatic rings. The standard InChI is InChI=1S/C15H21NO3/c17-9-1-4-15(18)16-8-7-12-5-6-14-13(11-12)3-2-10-19-14/h5-6,11,17H,1-4,7-10H2,(H,16,18). The van der Waals surface area contributed by atoms with Crippen molar-refractivity contribution in [3.8, 4) is 5.75 Å². The van der Waals surface area contributed by atoms with Gasteiger partial charge in [-0.2, -0.15) is 0 Å². The average Bonchev–Trinajstić information content (AvgIpc) is 2.45. The summed E-state index contributed by atoms with van der Waals surface area (Å²) in [5.74, 6) is 1.01. The zero-order chi connectivity index (χ0) is 13.5. The van der Waals surface area contributed by atoms with E-state index < -0.39 is 0 Å². The van der Waals surface area contributed by atoms with Gasteiger partial charge in [0.25, 0.3) is 0 Å². The third-order valence-corrected chi connectivity index (χ3v) is 3.27. The second kappa shape index (κ2) is 7.14. The van der Waals surface area contributed by atoms with E-state index >= 15 is 0 Å². The summed E-state index contributed by atoms with van der Waals surface area (Å²) >= 11 is 0. The minimum absolute atomic E-state index is 0.00958. The summed E-state index contributed by atoms with van der Waals surface area (Å²) in [7, 11) is 0. The maximum atomic E-state index is 11.4. The van der Waals surface area contributed by atoms with Gasteiger partial charge in [0.15, 0.2) is 0 Å². The fraction of sp³-hybridized carbons (Fsp3) is 0.533. The van der Waals surface area contributed by atoms with Crippen molar-refractivity contribution in [2.24, 2.45) is 0 Å². The normalized spacial score (nSPS) is 13.5. The quantitative estimate of drug-likeness (QED) is 0.816. The van der Waals surface area contributed by atoms with Crippen LogP contribution in [0.4, 0.5) is 0 Å². The van der Waals surface area contributed by atoms with Crippen molar-refractivity contribution in [1.82, 2.24) is 5.32 Å². The molecule has 1 amide bonds. The molecule has 0 saturated heterocycles. The number of hydrogen-bond donors (Lipinski definition) is 2. The lowest BCUT2D eigenvalue weighted by molar-refractivity contribution is -0.121. The minimum atomic E-state index is 0.00958. The van der Waals surface area contributed by atoms with Crippen LogP contribution in [0, 0.1) is 0 Å². The molecule has 1 heterocycles. The van der Waals surface area contributed by atoms with Crippen LogP contribution in [0.5, 0.6) is 5.75 Å². The van der Waals surface area contributed by atoms with Crippen LogP contribution in [0.15, 0.2) is 18.2 Å². The van der Waals surface area contributed by atoms with Crippen LogP contribution >= 0.6 is 0 Å². The van der Waals surface area contributed by atoms with E-state index in [1.807, 2.05) is 6.07 Å². The van der Waals surface area contributed by atoms with E-state index in [1.165, 1.54) is 11.1 Å². The molecule has 1 aromatic rings. The number of ether oxygens (including phenoxy) is 1. The Balaban J connectivity index is 1.78. The molecular formula is C15H21NO3. The SMILES string of the molecule is O=C(CCCO)NCCc1ccc2c(c1)CCCO2. The highest BCUT2D eigenvalue weighted by Gasteiger charge is 2.10. The van der Waals surface area contributed by atoms with Crippen molar-refractivity contribution < 1.29 is 14.6 Å². The summed E-state index contributed by atoms with van der Waals surface area (Å²) in [5.41, 5.74) is 2.50. The molecule has 0 spiro atoms. The van der Waals surface area contributed by atoms with Crippen LogP contribution in [-0.2, 0) is 17.6 Å². The number of carbonyl (C=O) groups excluding carboxylic acids is 1. The lowest BCUT2D eigenvalue weighted by Gasteiger charge is -2.17. The molecule has 0 aliphatic carbocycles. The summed E-state index contributed by atoms with van der Waals surface area (Å²) in [6.07, 6.45) is 3.91. The molecule has 104 valence electrons. The molecule has 0 atom stereocenters. The molecule has 0 bridgehead atoms. The van der Waals surface area contributed by atoms with E-state index in [1.54, 1.807) is 0 Å². The predicted octanol–water partition coefficient (Wildman–Crippen LogP) is 1.44. The molecule has 19 heavy (non-hydrogen) atoms. The summed E-state index contributed by atoms with van der Waals surface area (Å²) < 4.78 is 5.57. The second-order valence-electron chi connectivity index (χ2n) is 4.82. The topological polar surface area (TPSA) is 58.6 Å². The number of benzene rings is 1. The van der Waals surface area contributed by atoms with Crippen LogP contribution in [0.2, 0.25) is 0 Å². The highest BCUT2D eigenvalue weighted by molar-refractivity contribution is 5.75. The van der Waals surface area contributed by atoms with Crippen molar-refractivity contribution >= 4 is 5.91 Å². The fourth-order valence-electron chi connectivity index (χ4n) is 2.24. The van der Waals surface area contributed by atoms with E-state index in [-0.39, 0.29) is 12.5 Å². The van der Waals surface area contributed by atoms with Crippen LogP contribution in [0.25, 0.3) is 0 Å². The van der Waals surface area contributed by atoms with Crippen molar-refractivity contribution in [3.05, 3.63) is 29.3 Å². The molecule has 1 aromatic carbocycles. The smallest absolute Gasteiger partial charge is 0.220 e. The zero-order valence-corrected chi connectivity index (χ0v) is 11.2. The molecule has 4 nitrogen and oxygen atoms in total. The van der Waals surface area contributed by atoms with Crippen molar-refractivity contribution in [2.45, 2.75) is 32.1 Å². The third kappa shape index (κ3) is 4.24. The van der Waals surface area contributed by atoms with E-state index in [2.05, 4.69) is 17.4 Å². The lowest BCUT2D eigenvalue weighted by atomic mass is 10.0. The Bertz CT molecular complexity index is 431. The van der Waals surface area contributed by atoms with Crippen molar-refractivity contribution in [1.29, 1.82) is 0 Å². The number of aliphatic hydroxyl groups excluding tert-OH is 1. The van der Waals surface area contributed by atoms with Gasteiger partial charge in [-0.3, -0.25) is 4.79 Å². The molecule has 2 N–H and O–H groups in total. The van der Waals surface area contributed by atoms with Crippen LogP contribution in [-0.4, -0.2) is 30.8 Å². The van der Waals surface area contributed by atoms with Gasteiger partial charge < -0.3 is 15.2 Å². The Hall–Kier alpha value is -1.55. The number of aryl methyl sites for hydroxylation is 1. The van der Waals surface area contributed by atoms with Crippen molar-refractivity contribution in [2.75, 3.05) is 19.8 Å². The average molecular weight is 263 g/mol. The molecule has 0 fully saturated rings. The summed E-state index contributed by atoms with van der Waals surface area (Å²) in [4.78, 5) is 11.4. The first kappa shape index (κ1) is 13.9. The maximum Gasteiger partial charge on any atom is 0.220 e. The number of aliphatic hydroxyl groups is 1. The Morgan fingerprint density at radius 2 is 2.32 bits per heavy atom. The first-order valence-corrected chi connectivity index (χ1v) is 6.92. The van der Waals surface area contributed by atoms with E-state index in [4.69, 9.17) is 9.84 Å². The molecule has 0 saturated carbocycles. The molecule has 0 aromatic heterocycles. The predicted molar refractivity (Wildman–Crippen MR) is 73.3 cm³/mol. The number of amides is 1. The first-order chi connectivity index (χ1) is 9.29. The van der Waals surface area contributed by atoms with Crippen LogP contribution in [0.1, 0.15) is 30.4 Å². The fourth-order valence-corrected chi connectivity index (χ4v) is 2.24. The third-order valence-electron chi connectivity index (χ3n) is 3.27. The summed E-state index contributed by atoms with van der Waals surface area (Å²) in [5, 5.41) is 11.5. The van der Waals surface area contributed by atoms with E-state index in [9.17, 15) is 4.79 Å². The highest BCUT2D eigenvalue weighted by Crippen LogP contribution is 2.25. The van der Waals surface area contributed by atoms with E-state index in [0.717, 1.165) is 31.6 Å². The van der Waals surface area contributed by atoms with Crippen molar-refractivity contribution in [3.63, 3.8) is 0 Å². The Kier molecular flexibility index (Phi) is 5.21. The largest absolute Gasteiger partial charge is 0.493 e. The van der Waals surface area contributed by atoms with Gasteiger partial charge in [-0.1, -0.05) is 12.1 Å². The minimum Gasteiger partial charge on any atom is -0.493 e. The molecule has 0 unspecified atom stereocenters. The second-order valence-corrected chi connectivity index (χ2v) is 4.82. The van der Waals surface area contributed by atoms with E-state index in [0.29, 0.717) is 19.4 Å². The molecule has 1 aliphatic heterocycles. The number of nitrogens with one attached hydrogen (secondary N) is 1. The first-order valence-electron chi connectivity index (χ1n) is 6.92. The number of fused-ring (bicyclic) bond motifs is 1. The van der Waals surface area contributed by atoms with Gasteiger partial charge in [-0.25, -0.2) is 0 Å². The Morgan fingerprint density at radius 3 is 3.16 bits per heavy atom. The molecule has 0 radical (unpaired) electrons.